The van der Waals surface area contributed by atoms with Crippen LogP contribution >= 0.6 is 0 Å². The minimum absolute atomic E-state index is 0.350. The van der Waals surface area contributed by atoms with Crippen LogP contribution in [0.1, 0.15) is 54.6 Å². The van der Waals surface area contributed by atoms with E-state index in [1.165, 1.54) is 36.8 Å². The van der Waals surface area contributed by atoms with Crippen LogP contribution in [0, 0.1) is 5.92 Å². The Balaban J connectivity index is 1.41. The van der Waals surface area contributed by atoms with Gasteiger partial charge in [-0.15, -0.1) is 10.2 Å². The molecule has 1 aromatic heterocycles. The van der Waals surface area contributed by atoms with Gasteiger partial charge in [-0.2, -0.15) is 0 Å². The van der Waals surface area contributed by atoms with Crippen molar-refractivity contribution in [2.45, 2.75) is 44.7 Å². The van der Waals surface area contributed by atoms with Crippen LogP contribution in [0.15, 0.2) is 65.1 Å². The van der Waals surface area contributed by atoms with Gasteiger partial charge >= 0.3 is 0 Å². The third kappa shape index (κ3) is 4.20. The van der Waals surface area contributed by atoms with Gasteiger partial charge in [0.1, 0.15) is 0 Å². The molecule has 0 radical (unpaired) electrons. The lowest BCUT2D eigenvalue weighted by molar-refractivity contribution is 0.342. The van der Waals surface area contributed by atoms with E-state index in [1.807, 2.05) is 18.2 Å². The Morgan fingerprint density at radius 1 is 0.885 bits per heavy atom. The number of nitrogens with one attached hydrogen (secondary N) is 1. The Kier molecular flexibility index (Phi) is 5.41. The summed E-state index contributed by atoms with van der Waals surface area (Å²) < 4.78 is 5.85. The van der Waals surface area contributed by atoms with E-state index in [0.717, 1.165) is 0 Å². The number of hydrogen-bond donors (Lipinski definition) is 1. The van der Waals surface area contributed by atoms with Crippen molar-refractivity contribution < 1.29 is 4.42 Å². The van der Waals surface area contributed by atoms with Crippen molar-refractivity contribution in [3.05, 3.63) is 83.6 Å². The summed E-state index contributed by atoms with van der Waals surface area (Å²) in [7, 11) is 0. The summed E-state index contributed by atoms with van der Waals surface area (Å²) in [5.74, 6) is 2.02. The monoisotopic (exact) mass is 347 g/mol. The first-order valence-corrected chi connectivity index (χ1v) is 9.52. The number of rotatable bonds is 7. The van der Waals surface area contributed by atoms with Gasteiger partial charge in [0.05, 0.1) is 13.0 Å². The molecule has 1 N–H and O–H groups in total. The standard InChI is InChI=1S/C22H25N3O/c1-3-9-17(10-4-1)15-20-24-25-21(26-20)16-23-22(19-13-7-8-14-19)18-11-5-2-6-12-18/h1-6,9-12,19,22-23H,7-8,13-16H2/t22-/m1/s1. The minimum atomic E-state index is 0.350. The second-order valence-corrected chi connectivity index (χ2v) is 7.07. The predicted octanol–water partition coefficient (Wildman–Crippen LogP) is 4.68. The van der Waals surface area contributed by atoms with Gasteiger partial charge in [0.25, 0.3) is 0 Å². The summed E-state index contributed by atoms with van der Waals surface area (Å²) in [4.78, 5) is 0. The molecule has 134 valence electrons. The van der Waals surface area contributed by atoms with Gasteiger partial charge in [0, 0.05) is 6.04 Å². The van der Waals surface area contributed by atoms with Crippen molar-refractivity contribution in [3.63, 3.8) is 0 Å². The Morgan fingerprint density at radius 3 is 2.27 bits per heavy atom. The fourth-order valence-corrected chi connectivity index (χ4v) is 3.91. The largest absolute Gasteiger partial charge is 0.424 e. The van der Waals surface area contributed by atoms with Crippen LogP contribution in [0.4, 0.5) is 0 Å². The van der Waals surface area contributed by atoms with E-state index < -0.39 is 0 Å². The molecule has 0 unspecified atom stereocenters. The predicted molar refractivity (Wildman–Crippen MR) is 102 cm³/mol. The highest BCUT2D eigenvalue weighted by molar-refractivity contribution is 5.20. The number of nitrogens with zero attached hydrogens (tertiary/aromatic N) is 2. The molecular weight excluding hydrogens is 322 g/mol. The average Bonchev–Trinajstić information content (AvgIpc) is 3.36. The van der Waals surface area contributed by atoms with Gasteiger partial charge in [0.2, 0.25) is 11.8 Å². The normalized spacial score (nSPS) is 16.0. The molecule has 1 atom stereocenters. The summed E-state index contributed by atoms with van der Waals surface area (Å²) in [6.07, 6.45) is 5.92. The molecule has 1 aliphatic rings. The van der Waals surface area contributed by atoms with E-state index in [2.05, 4.69) is 58.0 Å². The van der Waals surface area contributed by atoms with Gasteiger partial charge in [-0.1, -0.05) is 73.5 Å². The molecule has 4 heteroatoms. The number of hydrogen-bond acceptors (Lipinski definition) is 4. The third-order valence-corrected chi connectivity index (χ3v) is 5.21. The molecule has 3 aromatic rings. The molecule has 26 heavy (non-hydrogen) atoms. The third-order valence-electron chi connectivity index (χ3n) is 5.21. The van der Waals surface area contributed by atoms with Crippen LogP contribution in [0.25, 0.3) is 0 Å². The van der Waals surface area contributed by atoms with E-state index in [9.17, 15) is 0 Å². The van der Waals surface area contributed by atoms with Gasteiger partial charge in [0.15, 0.2) is 0 Å². The summed E-state index contributed by atoms with van der Waals surface area (Å²) in [5, 5.41) is 12.1. The second kappa shape index (κ2) is 8.28. The van der Waals surface area contributed by atoms with Crippen LogP contribution in [-0.2, 0) is 13.0 Å². The smallest absolute Gasteiger partial charge is 0.230 e. The van der Waals surface area contributed by atoms with Gasteiger partial charge in [-0.05, 0) is 29.9 Å². The molecule has 0 saturated heterocycles. The lowest BCUT2D eigenvalue weighted by Crippen LogP contribution is -2.27. The summed E-state index contributed by atoms with van der Waals surface area (Å²) in [6, 6.07) is 21.3. The lowest BCUT2D eigenvalue weighted by Gasteiger charge is -2.24. The first-order valence-electron chi connectivity index (χ1n) is 9.52. The first kappa shape index (κ1) is 17.0. The van der Waals surface area contributed by atoms with Crippen LogP contribution in [0.2, 0.25) is 0 Å². The molecule has 1 heterocycles. The van der Waals surface area contributed by atoms with Crippen molar-refractivity contribution in [3.8, 4) is 0 Å². The van der Waals surface area contributed by atoms with Crippen molar-refractivity contribution in [1.29, 1.82) is 0 Å². The maximum Gasteiger partial charge on any atom is 0.230 e. The first-order chi connectivity index (χ1) is 12.9. The molecule has 0 aliphatic heterocycles. The van der Waals surface area contributed by atoms with E-state index in [4.69, 9.17) is 4.42 Å². The van der Waals surface area contributed by atoms with Gasteiger partial charge < -0.3 is 9.73 Å². The fourth-order valence-electron chi connectivity index (χ4n) is 3.91. The molecule has 0 bridgehead atoms. The lowest BCUT2D eigenvalue weighted by atomic mass is 9.91. The van der Waals surface area contributed by atoms with E-state index in [-0.39, 0.29) is 0 Å². The van der Waals surface area contributed by atoms with Crippen LogP contribution in [0.5, 0.6) is 0 Å². The van der Waals surface area contributed by atoms with Gasteiger partial charge in [-0.3, -0.25) is 0 Å². The summed E-state index contributed by atoms with van der Waals surface area (Å²) in [5.41, 5.74) is 2.53. The van der Waals surface area contributed by atoms with Crippen molar-refractivity contribution >= 4 is 0 Å². The highest BCUT2D eigenvalue weighted by Crippen LogP contribution is 2.35. The SMILES string of the molecule is c1ccc(Cc2nnc(CN[C@H](c3ccccc3)C3CCCC3)o2)cc1. The molecule has 4 rings (SSSR count). The molecule has 1 aliphatic carbocycles. The summed E-state index contributed by atoms with van der Waals surface area (Å²) in [6.45, 7) is 0.609. The van der Waals surface area contributed by atoms with Crippen molar-refractivity contribution in [2.75, 3.05) is 0 Å². The Hall–Kier alpha value is -2.46. The zero-order chi connectivity index (χ0) is 17.6. The highest BCUT2D eigenvalue weighted by Gasteiger charge is 2.26. The molecular formula is C22H25N3O. The Bertz CT molecular complexity index is 795. The maximum atomic E-state index is 5.85. The van der Waals surface area contributed by atoms with Crippen molar-refractivity contribution in [2.24, 2.45) is 5.92 Å². The minimum Gasteiger partial charge on any atom is -0.424 e. The van der Waals surface area contributed by atoms with E-state index >= 15 is 0 Å². The molecule has 1 saturated carbocycles. The molecule has 0 amide bonds. The number of aromatic nitrogens is 2. The Morgan fingerprint density at radius 2 is 1.54 bits per heavy atom. The molecule has 2 aromatic carbocycles. The molecule has 1 fully saturated rings. The zero-order valence-electron chi connectivity index (χ0n) is 15.0. The quantitative estimate of drug-likeness (QED) is 0.674. The highest BCUT2D eigenvalue weighted by atomic mass is 16.4. The number of benzene rings is 2. The van der Waals surface area contributed by atoms with E-state index in [1.54, 1.807) is 0 Å². The average molecular weight is 347 g/mol. The van der Waals surface area contributed by atoms with E-state index in [0.29, 0.717) is 36.7 Å². The molecule has 4 nitrogen and oxygen atoms in total. The fraction of sp³-hybridized carbons (Fsp3) is 0.364. The topological polar surface area (TPSA) is 51.0 Å². The Labute approximate surface area is 154 Å². The van der Waals surface area contributed by atoms with Crippen LogP contribution < -0.4 is 5.32 Å². The zero-order valence-corrected chi connectivity index (χ0v) is 15.0. The maximum absolute atomic E-state index is 5.85. The van der Waals surface area contributed by atoms with Crippen LogP contribution in [-0.4, -0.2) is 10.2 Å². The second-order valence-electron chi connectivity index (χ2n) is 7.07. The molecule has 0 spiro atoms. The van der Waals surface area contributed by atoms with Crippen molar-refractivity contribution in [1.82, 2.24) is 15.5 Å². The van der Waals surface area contributed by atoms with Gasteiger partial charge in [-0.25, -0.2) is 0 Å². The van der Waals surface area contributed by atoms with Crippen LogP contribution in [0.3, 0.4) is 0 Å². The summed E-state index contributed by atoms with van der Waals surface area (Å²) >= 11 is 0.